The fourth-order valence-electron chi connectivity index (χ4n) is 2.46. The summed E-state index contributed by atoms with van der Waals surface area (Å²) >= 11 is 0. The molecular formula is C17H17N3O. The van der Waals surface area contributed by atoms with E-state index in [0.29, 0.717) is 0 Å². The molecule has 0 fully saturated rings. The van der Waals surface area contributed by atoms with Gasteiger partial charge in [-0.2, -0.15) is 5.10 Å². The van der Waals surface area contributed by atoms with E-state index in [1.54, 1.807) is 6.92 Å². The lowest BCUT2D eigenvalue weighted by atomic mass is 10.1. The molecule has 21 heavy (non-hydrogen) atoms. The first-order chi connectivity index (χ1) is 10.1. The third kappa shape index (κ3) is 2.40. The number of fused-ring (bicyclic) bond motifs is 1. The van der Waals surface area contributed by atoms with Crippen LogP contribution in [0.4, 0.5) is 11.4 Å². The number of benzene rings is 2. The molecule has 4 heteroatoms. The summed E-state index contributed by atoms with van der Waals surface area (Å²) in [6, 6.07) is 11.6. The Labute approximate surface area is 123 Å². The molecule has 0 unspecified atom stereocenters. The summed E-state index contributed by atoms with van der Waals surface area (Å²) in [4.78, 5) is 11.3. The van der Waals surface area contributed by atoms with Crippen molar-refractivity contribution in [2.24, 2.45) is 0 Å². The number of hydrogen-bond acceptors (Lipinski definition) is 3. The van der Waals surface area contributed by atoms with Gasteiger partial charge in [-0.25, -0.2) is 0 Å². The highest BCUT2D eigenvalue weighted by molar-refractivity contribution is 5.97. The molecule has 1 aromatic heterocycles. The highest BCUT2D eigenvalue weighted by Crippen LogP contribution is 2.31. The normalized spacial score (nSPS) is 10.8. The SMILES string of the molecule is CC(=O)c1ccc(Nc2c(C)ccc3n[nH]c(C)c23)cc1. The van der Waals surface area contributed by atoms with Gasteiger partial charge in [0.15, 0.2) is 5.78 Å². The third-order valence-corrected chi connectivity index (χ3v) is 3.67. The van der Waals surface area contributed by atoms with Crippen LogP contribution in [0.3, 0.4) is 0 Å². The van der Waals surface area contributed by atoms with Crippen LogP contribution in [-0.2, 0) is 0 Å². The van der Waals surface area contributed by atoms with E-state index in [0.717, 1.165) is 39.1 Å². The number of carbonyl (C=O) groups excluding carboxylic acids is 1. The molecule has 4 nitrogen and oxygen atoms in total. The lowest BCUT2D eigenvalue weighted by Gasteiger charge is -2.12. The number of ketones is 1. The van der Waals surface area contributed by atoms with E-state index < -0.39 is 0 Å². The quantitative estimate of drug-likeness (QED) is 0.709. The molecule has 3 rings (SSSR count). The van der Waals surface area contributed by atoms with Gasteiger partial charge in [0.05, 0.1) is 11.2 Å². The lowest BCUT2D eigenvalue weighted by molar-refractivity contribution is 0.101. The minimum Gasteiger partial charge on any atom is -0.355 e. The topological polar surface area (TPSA) is 57.8 Å². The van der Waals surface area contributed by atoms with Crippen LogP contribution in [0, 0.1) is 13.8 Å². The fourth-order valence-corrected chi connectivity index (χ4v) is 2.46. The maximum Gasteiger partial charge on any atom is 0.159 e. The van der Waals surface area contributed by atoms with Gasteiger partial charge >= 0.3 is 0 Å². The zero-order valence-corrected chi connectivity index (χ0v) is 12.3. The Balaban J connectivity index is 2.03. The minimum absolute atomic E-state index is 0.0745. The number of anilines is 2. The first kappa shape index (κ1) is 13.4. The first-order valence-corrected chi connectivity index (χ1v) is 6.88. The molecule has 0 aliphatic carbocycles. The summed E-state index contributed by atoms with van der Waals surface area (Å²) in [5.41, 5.74) is 5.86. The monoisotopic (exact) mass is 279 g/mol. The fraction of sp³-hybridized carbons (Fsp3) is 0.176. The molecule has 0 saturated carbocycles. The number of aryl methyl sites for hydroxylation is 2. The van der Waals surface area contributed by atoms with Crippen LogP contribution < -0.4 is 5.32 Å². The first-order valence-electron chi connectivity index (χ1n) is 6.88. The van der Waals surface area contributed by atoms with Gasteiger partial charge in [-0.05, 0) is 56.7 Å². The van der Waals surface area contributed by atoms with Crippen LogP contribution >= 0.6 is 0 Å². The molecule has 0 atom stereocenters. The number of nitrogens with one attached hydrogen (secondary N) is 2. The zero-order valence-electron chi connectivity index (χ0n) is 12.3. The molecule has 106 valence electrons. The number of rotatable bonds is 3. The van der Waals surface area contributed by atoms with E-state index >= 15 is 0 Å². The Kier molecular flexibility index (Phi) is 3.22. The smallest absolute Gasteiger partial charge is 0.159 e. The third-order valence-electron chi connectivity index (χ3n) is 3.67. The highest BCUT2D eigenvalue weighted by atomic mass is 16.1. The standard InChI is InChI=1S/C17H17N3O/c1-10-4-9-15-16(11(2)19-20-15)17(10)18-14-7-5-13(6-8-14)12(3)21/h4-9,18H,1-3H3,(H,19,20). The molecule has 1 heterocycles. The Hall–Kier alpha value is -2.62. The minimum atomic E-state index is 0.0745. The lowest BCUT2D eigenvalue weighted by Crippen LogP contribution is -1.96. The zero-order chi connectivity index (χ0) is 15.0. The highest BCUT2D eigenvalue weighted by Gasteiger charge is 2.10. The van der Waals surface area contributed by atoms with E-state index in [1.165, 1.54) is 0 Å². The van der Waals surface area contributed by atoms with Crippen LogP contribution in [-0.4, -0.2) is 16.0 Å². The number of Topliss-reactive ketones (excluding diaryl/α,β-unsaturated/α-hetero) is 1. The van der Waals surface area contributed by atoms with Crippen molar-refractivity contribution in [3.05, 3.63) is 53.2 Å². The number of aromatic amines is 1. The van der Waals surface area contributed by atoms with Gasteiger partial charge in [0, 0.05) is 22.3 Å². The van der Waals surface area contributed by atoms with Crippen LogP contribution in [0.2, 0.25) is 0 Å². The molecule has 2 aromatic carbocycles. The van der Waals surface area contributed by atoms with Crippen LogP contribution in [0.25, 0.3) is 10.9 Å². The van der Waals surface area contributed by atoms with Crippen molar-refractivity contribution in [1.82, 2.24) is 10.2 Å². The molecule has 3 aromatic rings. The second-order valence-electron chi connectivity index (χ2n) is 5.26. The average Bonchev–Trinajstić information content (AvgIpc) is 2.84. The van der Waals surface area contributed by atoms with Crippen molar-refractivity contribution in [3.63, 3.8) is 0 Å². The molecular weight excluding hydrogens is 262 g/mol. The predicted octanol–water partition coefficient (Wildman–Crippen LogP) is 4.13. The largest absolute Gasteiger partial charge is 0.355 e. The Morgan fingerprint density at radius 3 is 2.48 bits per heavy atom. The van der Waals surface area contributed by atoms with Crippen molar-refractivity contribution in [2.75, 3.05) is 5.32 Å². The van der Waals surface area contributed by atoms with Gasteiger partial charge in [0.1, 0.15) is 0 Å². The number of H-pyrrole nitrogens is 1. The maximum absolute atomic E-state index is 11.3. The Morgan fingerprint density at radius 1 is 1.10 bits per heavy atom. The second-order valence-corrected chi connectivity index (χ2v) is 5.26. The van der Waals surface area contributed by atoms with Crippen molar-refractivity contribution in [3.8, 4) is 0 Å². The summed E-state index contributed by atoms with van der Waals surface area (Å²) in [5, 5.41) is 11.8. The van der Waals surface area contributed by atoms with Gasteiger partial charge in [0.25, 0.3) is 0 Å². The van der Waals surface area contributed by atoms with E-state index in [4.69, 9.17) is 0 Å². The molecule has 0 aliphatic rings. The molecule has 2 N–H and O–H groups in total. The summed E-state index contributed by atoms with van der Waals surface area (Å²) in [6.45, 7) is 5.65. The van der Waals surface area contributed by atoms with Crippen LogP contribution in [0.5, 0.6) is 0 Å². The number of carbonyl (C=O) groups is 1. The number of aromatic nitrogens is 2. The summed E-state index contributed by atoms with van der Waals surface area (Å²) in [5.74, 6) is 0.0745. The van der Waals surface area contributed by atoms with Gasteiger partial charge in [-0.3, -0.25) is 9.89 Å². The molecule has 0 spiro atoms. The molecule has 0 aliphatic heterocycles. The maximum atomic E-state index is 11.3. The van der Waals surface area contributed by atoms with E-state index in [1.807, 2.05) is 37.3 Å². The van der Waals surface area contributed by atoms with Crippen molar-refractivity contribution in [2.45, 2.75) is 20.8 Å². The molecule has 0 amide bonds. The predicted molar refractivity (Wildman–Crippen MR) is 85.3 cm³/mol. The van der Waals surface area contributed by atoms with Gasteiger partial charge in [-0.1, -0.05) is 6.07 Å². The van der Waals surface area contributed by atoms with Crippen LogP contribution in [0.1, 0.15) is 28.5 Å². The molecule has 0 saturated heterocycles. The summed E-state index contributed by atoms with van der Waals surface area (Å²) < 4.78 is 0. The van der Waals surface area contributed by atoms with Crippen LogP contribution in [0.15, 0.2) is 36.4 Å². The van der Waals surface area contributed by atoms with Crippen molar-refractivity contribution < 1.29 is 4.79 Å². The second kappa shape index (κ2) is 5.05. The number of nitrogens with zero attached hydrogens (tertiary/aromatic N) is 1. The van der Waals surface area contributed by atoms with E-state index in [9.17, 15) is 4.79 Å². The number of hydrogen-bond donors (Lipinski definition) is 2. The summed E-state index contributed by atoms with van der Waals surface area (Å²) in [6.07, 6.45) is 0. The van der Waals surface area contributed by atoms with E-state index in [-0.39, 0.29) is 5.78 Å². The summed E-state index contributed by atoms with van der Waals surface area (Å²) in [7, 11) is 0. The van der Waals surface area contributed by atoms with Gasteiger partial charge < -0.3 is 5.32 Å². The van der Waals surface area contributed by atoms with Gasteiger partial charge in [0.2, 0.25) is 0 Å². The Morgan fingerprint density at radius 2 is 1.81 bits per heavy atom. The van der Waals surface area contributed by atoms with Crippen molar-refractivity contribution in [1.29, 1.82) is 0 Å². The Bertz CT molecular complexity index is 816. The van der Waals surface area contributed by atoms with E-state index in [2.05, 4.69) is 28.5 Å². The molecule has 0 bridgehead atoms. The molecule has 0 radical (unpaired) electrons. The van der Waals surface area contributed by atoms with Gasteiger partial charge in [-0.15, -0.1) is 0 Å². The van der Waals surface area contributed by atoms with Crippen molar-refractivity contribution >= 4 is 28.1 Å². The average molecular weight is 279 g/mol.